The van der Waals surface area contributed by atoms with Crippen LogP contribution in [0.15, 0.2) is 47.5 Å². The first-order valence-electron chi connectivity index (χ1n) is 6.01. The lowest BCUT2D eigenvalue weighted by atomic mass is 10.3. The Morgan fingerprint density at radius 3 is 2.65 bits per heavy atom. The van der Waals surface area contributed by atoms with Crippen molar-refractivity contribution in [3.8, 4) is 0 Å². The van der Waals surface area contributed by atoms with E-state index in [1.165, 1.54) is 12.3 Å². The molecule has 0 aliphatic heterocycles. The lowest BCUT2D eigenvalue weighted by molar-refractivity contribution is 0.601. The molecule has 5 nitrogen and oxygen atoms in total. The fourth-order valence-electron chi connectivity index (χ4n) is 1.68. The monoisotopic (exact) mass is 311 g/mol. The molecule has 1 aromatic heterocycles. The molecule has 1 aromatic carbocycles. The van der Waals surface area contributed by atoms with Gasteiger partial charge in [-0.3, -0.25) is 4.72 Å². The second-order valence-electron chi connectivity index (χ2n) is 3.97. The summed E-state index contributed by atoms with van der Waals surface area (Å²) in [6.07, 6.45) is 1.47. The number of nitrogens with zero attached hydrogens (tertiary/aromatic N) is 1. The highest BCUT2D eigenvalue weighted by Crippen LogP contribution is 2.25. The van der Waals surface area contributed by atoms with Crippen LogP contribution in [0.3, 0.4) is 0 Å². The van der Waals surface area contributed by atoms with Gasteiger partial charge in [0.1, 0.15) is 4.90 Å². The van der Waals surface area contributed by atoms with Gasteiger partial charge in [0.15, 0.2) is 5.82 Å². The highest BCUT2D eigenvalue weighted by Gasteiger charge is 2.19. The summed E-state index contributed by atoms with van der Waals surface area (Å²) in [6, 6.07) is 9.87. The number of sulfonamides is 1. The first kappa shape index (κ1) is 14.6. The van der Waals surface area contributed by atoms with E-state index in [1.807, 2.05) is 6.92 Å². The van der Waals surface area contributed by atoms with E-state index in [-0.39, 0.29) is 15.7 Å². The summed E-state index contributed by atoms with van der Waals surface area (Å²) in [5.74, 6) is 0.112. The zero-order chi connectivity index (χ0) is 14.6. The van der Waals surface area contributed by atoms with Crippen LogP contribution in [0.5, 0.6) is 0 Å². The summed E-state index contributed by atoms with van der Waals surface area (Å²) >= 11 is 5.91. The molecule has 20 heavy (non-hydrogen) atoms. The number of para-hydroxylation sites is 1. The lowest BCUT2D eigenvalue weighted by Gasteiger charge is -2.12. The maximum Gasteiger partial charge on any atom is 0.265 e. The largest absolute Gasteiger partial charge is 0.384 e. The number of aromatic nitrogens is 1. The molecule has 106 valence electrons. The Labute approximate surface area is 123 Å². The van der Waals surface area contributed by atoms with Gasteiger partial charge in [-0.1, -0.05) is 23.7 Å². The van der Waals surface area contributed by atoms with Crippen molar-refractivity contribution in [3.05, 3.63) is 47.6 Å². The van der Waals surface area contributed by atoms with E-state index in [2.05, 4.69) is 15.0 Å². The highest BCUT2D eigenvalue weighted by molar-refractivity contribution is 7.92. The average Bonchev–Trinajstić information content (AvgIpc) is 2.42. The molecular weight excluding hydrogens is 298 g/mol. The van der Waals surface area contributed by atoms with Crippen LogP contribution >= 0.6 is 11.6 Å². The molecule has 0 radical (unpaired) electrons. The molecule has 0 spiro atoms. The summed E-state index contributed by atoms with van der Waals surface area (Å²) in [5, 5.41) is 3.26. The molecule has 2 aromatic rings. The third-order valence-electron chi connectivity index (χ3n) is 2.53. The van der Waals surface area contributed by atoms with E-state index in [0.29, 0.717) is 12.2 Å². The Balaban J connectivity index is 2.39. The van der Waals surface area contributed by atoms with E-state index < -0.39 is 10.0 Å². The van der Waals surface area contributed by atoms with E-state index in [9.17, 15) is 8.42 Å². The van der Waals surface area contributed by atoms with Gasteiger partial charge >= 0.3 is 0 Å². The summed E-state index contributed by atoms with van der Waals surface area (Å²) in [4.78, 5) is 4.08. The predicted molar refractivity (Wildman–Crippen MR) is 80.7 cm³/mol. The van der Waals surface area contributed by atoms with Crippen LogP contribution in [-0.4, -0.2) is 19.9 Å². The van der Waals surface area contributed by atoms with Gasteiger partial charge < -0.3 is 5.32 Å². The third-order valence-corrected chi connectivity index (χ3v) is 4.24. The number of pyridine rings is 1. The Morgan fingerprint density at radius 2 is 1.95 bits per heavy atom. The van der Waals surface area contributed by atoms with Crippen molar-refractivity contribution in [2.24, 2.45) is 0 Å². The Bertz CT molecular complexity index is 704. The number of hydrogen-bond acceptors (Lipinski definition) is 4. The zero-order valence-corrected chi connectivity index (χ0v) is 12.4. The number of hydrogen-bond donors (Lipinski definition) is 2. The molecule has 1 heterocycles. The second kappa shape index (κ2) is 6.11. The quantitative estimate of drug-likeness (QED) is 0.890. The topological polar surface area (TPSA) is 71.1 Å². The summed E-state index contributed by atoms with van der Waals surface area (Å²) in [5.41, 5.74) is 0.537. The van der Waals surface area contributed by atoms with Crippen molar-refractivity contribution in [3.63, 3.8) is 0 Å². The van der Waals surface area contributed by atoms with E-state index in [0.717, 1.165) is 0 Å². The van der Waals surface area contributed by atoms with E-state index in [1.54, 1.807) is 30.3 Å². The maximum absolute atomic E-state index is 12.4. The minimum Gasteiger partial charge on any atom is -0.384 e. The molecule has 7 heteroatoms. The van der Waals surface area contributed by atoms with Crippen molar-refractivity contribution in [1.29, 1.82) is 0 Å². The molecule has 0 saturated heterocycles. The van der Waals surface area contributed by atoms with Crippen LogP contribution in [0.1, 0.15) is 6.92 Å². The molecule has 0 saturated carbocycles. The van der Waals surface area contributed by atoms with Crippen LogP contribution in [-0.2, 0) is 10.0 Å². The smallest absolute Gasteiger partial charge is 0.265 e. The molecular formula is C13H14ClN3O2S. The van der Waals surface area contributed by atoms with Crippen molar-refractivity contribution < 1.29 is 8.42 Å². The molecule has 0 aliphatic carbocycles. The Hall–Kier alpha value is -1.79. The van der Waals surface area contributed by atoms with Crippen LogP contribution in [0.4, 0.5) is 11.5 Å². The summed E-state index contributed by atoms with van der Waals surface area (Å²) < 4.78 is 27.2. The standard InChI is InChI=1S/C13H14ClN3O2S/c1-2-15-11-7-3-4-8-12(11)20(18,19)17-13-10(14)6-5-9-16-13/h3-9,15H,2H2,1H3,(H,16,17). The van der Waals surface area contributed by atoms with Gasteiger partial charge in [-0.15, -0.1) is 0 Å². The molecule has 0 bridgehead atoms. The van der Waals surface area contributed by atoms with Gasteiger partial charge in [-0.25, -0.2) is 13.4 Å². The second-order valence-corrected chi connectivity index (χ2v) is 6.02. The van der Waals surface area contributed by atoms with Gasteiger partial charge in [-0.2, -0.15) is 0 Å². The first-order valence-corrected chi connectivity index (χ1v) is 7.87. The first-order chi connectivity index (χ1) is 9.54. The lowest BCUT2D eigenvalue weighted by Crippen LogP contribution is -2.16. The van der Waals surface area contributed by atoms with Gasteiger partial charge in [0.25, 0.3) is 10.0 Å². The Morgan fingerprint density at radius 1 is 1.20 bits per heavy atom. The van der Waals surface area contributed by atoms with Gasteiger partial charge in [-0.05, 0) is 31.2 Å². The van der Waals surface area contributed by atoms with Crippen molar-refractivity contribution >= 4 is 33.1 Å². The number of benzene rings is 1. The highest BCUT2D eigenvalue weighted by atomic mass is 35.5. The molecule has 0 atom stereocenters. The number of rotatable bonds is 5. The third kappa shape index (κ3) is 3.20. The summed E-state index contributed by atoms with van der Waals surface area (Å²) in [6.45, 7) is 2.52. The minimum atomic E-state index is -3.75. The molecule has 0 aliphatic rings. The molecule has 2 N–H and O–H groups in total. The predicted octanol–water partition coefficient (Wildman–Crippen LogP) is 2.97. The molecule has 0 unspecified atom stereocenters. The van der Waals surface area contributed by atoms with E-state index in [4.69, 9.17) is 11.6 Å². The normalized spacial score (nSPS) is 11.1. The van der Waals surface area contributed by atoms with Crippen LogP contribution in [0.25, 0.3) is 0 Å². The maximum atomic E-state index is 12.4. The van der Waals surface area contributed by atoms with E-state index >= 15 is 0 Å². The zero-order valence-electron chi connectivity index (χ0n) is 10.8. The van der Waals surface area contributed by atoms with Gasteiger partial charge in [0.2, 0.25) is 0 Å². The molecule has 0 fully saturated rings. The van der Waals surface area contributed by atoms with Crippen molar-refractivity contribution in [2.75, 3.05) is 16.6 Å². The van der Waals surface area contributed by atoms with Gasteiger partial charge in [0, 0.05) is 12.7 Å². The fraction of sp³-hybridized carbons (Fsp3) is 0.154. The molecule has 2 rings (SSSR count). The van der Waals surface area contributed by atoms with Crippen molar-refractivity contribution in [2.45, 2.75) is 11.8 Å². The average molecular weight is 312 g/mol. The molecule has 0 amide bonds. The fourth-order valence-corrected chi connectivity index (χ4v) is 3.12. The number of anilines is 2. The Kier molecular flexibility index (Phi) is 4.46. The number of nitrogens with one attached hydrogen (secondary N) is 2. The van der Waals surface area contributed by atoms with Crippen LogP contribution in [0.2, 0.25) is 5.02 Å². The van der Waals surface area contributed by atoms with Gasteiger partial charge in [0.05, 0.1) is 10.7 Å². The number of halogens is 1. The van der Waals surface area contributed by atoms with Crippen molar-refractivity contribution in [1.82, 2.24) is 4.98 Å². The van der Waals surface area contributed by atoms with Crippen LogP contribution < -0.4 is 10.0 Å². The SMILES string of the molecule is CCNc1ccccc1S(=O)(=O)Nc1ncccc1Cl. The summed E-state index contributed by atoms with van der Waals surface area (Å²) in [7, 11) is -3.75. The van der Waals surface area contributed by atoms with Crippen LogP contribution in [0, 0.1) is 0 Å². The minimum absolute atomic E-state index is 0.112.